The number of hydrogen-bond acceptors (Lipinski definition) is 2. The highest BCUT2D eigenvalue weighted by Gasteiger charge is 2.35. The van der Waals surface area contributed by atoms with Gasteiger partial charge in [0.15, 0.2) is 11.6 Å². The van der Waals surface area contributed by atoms with Gasteiger partial charge in [-0.15, -0.1) is 0 Å². The number of benzene rings is 2. The number of hydrogen-bond donors (Lipinski definition) is 0. The molecule has 4 heteroatoms. The molecule has 0 bridgehead atoms. The van der Waals surface area contributed by atoms with Crippen LogP contribution in [0.5, 0.6) is 5.75 Å². The average molecular weight is 537 g/mol. The highest BCUT2D eigenvalue weighted by molar-refractivity contribution is 5.65. The van der Waals surface area contributed by atoms with Gasteiger partial charge in [0.05, 0.1) is 19.3 Å². The van der Waals surface area contributed by atoms with Crippen LogP contribution in [0.2, 0.25) is 0 Å². The van der Waals surface area contributed by atoms with Crippen molar-refractivity contribution in [3.63, 3.8) is 0 Å². The maximum Gasteiger partial charge on any atom is 0.201 e. The monoisotopic (exact) mass is 536 g/mol. The van der Waals surface area contributed by atoms with Crippen molar-refractivity contribution in [3.05, 3.63) is 65.7 Å². The van der Waals surface area contributed by atoms with Gasteiger partial charge < -0.3 is 9.47 Å². The minimum atomic E-state index is -0.914. The van der Waals surface area contributed by atoms with Crippen LogP contribution < -0.4 is 4.74 Å². The molecule has 2 nitrogen and oxygen atoms in total. The fraction of sp³-hybridized carbons (Fsp3) is 0.600. The highest BCUT2D eigenvalue weighted by atomic mass is 19.2. The molecule has 1 aliphatic heterocycles. The molecule has 0 N–H and O–H groups in total. The summed E-state index contributed by atoms with van der Waals surface area (Å²) in [5, 5.41) is 0. The fourth-order valence-corrected chi connectivity index (χ4v) is 7.49. The van der Waals surface area contributed by atoms with Crippen LogP contribution >= 0.6 is 0 Å². The molecule has 0 spiro atoms. The Morgan fingerprint density at radius 3 is 2.08 bits per heavy atom. The van der Waals surface area contributed by atoms with Gasteiger partial charge in [-0.2, -0.15) is 4.39 Å². The Labute approximate surface area is 234 Å². The van der Waals surface area contributed by atoms with Gasteiger partial charge in [-0.1, -0.05) is 43.3 Å². The van der Waals surface area contributed by atoms with Crippen LogP contribution in [0.15, 0.2) is 48.6 Å². The molecule has 3 fully saturated rings. The van der Waals surface area contributed by atoms with E-state index in [1.165, 1.54) is 63.0 Å². The van der Waals surface area contributed by atoms with E-state index in [-0.39, 0.29) is 11.3 Å². The maximum atomic E-state index is 14.7. The summed E-state index contributed by atoms with van der Waals surface area (Å²) in [5.74, 6) is 1.99. The molecular weight excluding hydrogens is 490 g/mol. The standard InChI is InChI=1S/C35H46F2O2/c1-3-5-24-6-8-25(9-7-24)26-12-16-29(17-13-26)32-20-18-30(23-39-32)27-10-14-28(15-11-27)31-19-21-33(38-22-4-2)35(37)34(31)36/h3,5,10-11,14-15,19,21,24-26,29-30,32H,4,6-9,12-13,16-18,20,22-23H2,1-2H3. The van der Waals surface area contributed by atoms with Crippen LogP contribution in [0.4, 0.5) is 8.78 Å². The van der Waals surface area contributed by atoms with Crippen molar-refractivity contribution in [2.45, 2.75) is 96.5 Å². The maximum absolute atomic E-state index is 14.7. The van der Waals surface area contributed by atoms with Crippen molar-refractivity contribution in [1.82, 2.24) is 0 Å². The Kier molecular flexibility index (Phi) is 9.76. The van der Waals surface area contributed by atoms with Gasteiger partial charge in [0.2, 0.25) is 5.82 Å². The van der Waals surface area contributed by atoms with Crippen molar-refractivity contribution >= 4 is 0 Å². The summed E-state index contributed by atoms with van der Waals surface area (Å²) in [6, 6.07) is 11.0. The third-order valence-electron chi connectivity index (χ3n) is 9.80. The first-order chi connectivity index (χ1) is 19.1. The molecule has 1 saturated heterocycles. The lowest BCUT2D eigenvalue weighted by Gasteiger charge is -2.41. The van der Waals surface area contributed by atoms with Gasteiger partial charge in [0.25, 0.3) is 0 Å². The van der Waals surface area contributed by atoms with E-state index in [0.717, 1.165) is 43.6 Å². The Hall–Kier alpha value is -2.20. The van der Waals surface area contributed by atoms with Crippen molar-refractivity contribution in [1.29, 1.82) is 0 Å². The summed E-state index contributed by atoms with van der Waals surface area (Å²) in [5.41, 5.74) is 2.17. The zero-order chi connectivity index (χ0) is 27.2. The van der Waals surface area contributed by atoms with Gasteiger partial charge in [0, 0.05) is 11.5 Å². The fourth-order valence-electron chi connectivity index (χ4n) is 7.49. The molecule has 212 valence electrons. The van der Waals surface area contributed by atoms with E-state index < -0.39 is 11.6 Å². The topological polar surface area (TPSA) is 18.5 Å². The van der Waals surface area contributed by atoms with E-state index in [9.17, 15) is 8.78 Å². The molecule has 2 atom stereocenters. The predicted molar refractivity (Wildman–Crippen MR) is 155 cm³/mol. The van der Waals surface area contributed by atoms with E-state index in [1.807, 2.05) is 19.1 Å². The summed E-state index contributed by atoms with van der Waals surface area (Å²) >= 11 is 0. The molecule has 2 aliphatic carbocycles. The van der Waals surface area contributed by atoms with Gasteiger partial charge in [-0.3, -0.25) is 0 Å². The Balaban J connectivity index is 1.10. The third-order valence-corrected chi connectivity index (χ3v) is 9.80. The smallest absolute Gasteiger partial charge is 0.201 e. The summed E-state index contributed by atoms with van der Waals surface area (Å²) in [4.78, 5) is 0. The van der Waals surface area contributed by atoms with Crippen molar-refractivity contribution in [3.8, 4) is 16.9 Å². The zero-order valence-electron chi connectivity index (χ0n) is 23.8. The van der Waals surface area contributed by atoms with Crippen LogP contribution in [-0.2, 0) is 4.74 Å². The first kappa shape index (κ1) is 28.3. The second-order valence-electron chi connectivity index (χ2n) is 12.2. The molecule has 0 aromatic heterocycles. The molecule has 2 saturated carbocycles. The summed E-state index contributed by atoms with van der Waals surface area (Å²) < 4.78 is 41.0. The molecule has 2 aromatic rings. The number of halogens is 2. The minimum absolute atomic E-state index is 0.0238. The predicted octanol–water partition coefficient (Wildman–Crippen LogP) is 9.87. The van der Waals surface area contributed by atoms with E-state index in [1.54, 1.807) is 6.07 Å². The van der Waals surface area contributed by atoms with Crippen molar-refractivity contribution < 1.29 is 18.3 Å². The van der Waals surface area contributed by atoms with Crippen LogP contribution in [-0.4, -0.2) is 19.3 Å². The van der Waals surface area contributed by atoms with E-state index in [0.29, 0.717) is 30.1 Å². The molecule has 3 aliphatic rings. The lowest BCUT2D eigenvalue weighted by molar-refractivity contribution is -0.0462. The van der Waals surface area contributed by atoms with Crippen molar-refractivity contribution in [2.75, 3.05) is 13.2 Å². The summed E-state index contributed by atoms with van der Waals surface area (Å²) in [6.07, 6.45) is 19.1. The van der Waals surface area contributed by atoms with Gasteiger partial charge in [0.1, 0.15) is 0 Å². The molecule has 1 heterocycles. The van der Waals surface area contributed by atoms with Gasteiger partial charge in [-0.05, 0) is 124 Å². The SMILES string of the molecule is CC=CC1CCC(C2CCC(C3CCC(c4ccc(-c5ccc(OCCC)c(F)c5F)cc4)CO3)CC2)CC1. The van der Waals surface area contributed by atoms with E-state index >= 15 is 0 Å². The van der Waals surface area contributed by atoms with Crippen molar-refractivity contribution in [2.24, 2.45) is 23.7 Å². The van der Waals surface area contributed by atoms with Crippen LogP contribution in [0.3, 0.4) is 0 Å². The largest absolute Gasteiger partial charge is 0.490 e. The molecule has 39 heavy (non-hydrogen) atoms. The van der Waals surface area contributed by atoms with Gasteiger partial charge >= 0.3 is 0 Å². The van der Waals surface area contributed by atoms with Gasteiger partial charge in [-0.25, -0.2) is 4.39 Å². The lowest BCUT2D eigenvalue weighted by Crippen LogP contribution is -2.35. The lowest BCUT2D eigenvalue weighted by atomic mass is 9.68. The second-order valence-corrected chi connectivity index (χ2v) is 12.2. The highest BCUT2D eigenvalue weighted by Crippen LogP contribution is 2.44. The quantitative estimate of drug-likeness (QED) is 0.313. The Morgan fingerprint density at radius 2 is 1.46 bits per heavy atom. The normalized spacial score (nSPS) is 29.9. The molecule has 2 unspecified atom stereocenters. The van der Waals surface area contributed by atoms with E-state index in [4.69, 9.17) is 9.47 Å². The number of ether oxygens (including phenoxy) is 2. The first-order valence-electron chi connectivity index (χ1n) is 15.5. The molecular formula is C35H46F2O2. The zero-order valence-corrected chi connectivity index (χ0v) is 23.8. The summed E-state index contributed by atoms with van der Waals surface area (Å²) in [7, 11) is 0. The molecule has 2 aromatic carbocycles. The Bertz CT molecular complexity index is 1070. The van der Waals surface area contributed by atoms with Crippen LogP contribution in [0.1, 0.15) is 96.0 Å². The molecule has 0 radical (unpaired) electrons. The minimum Gasteiger partial charge on any atom is -0.490 e. The van der Waals surface area contributed by atoms with E-state index in [2.05, 4.69) is 31.2 Å². The molecule has 5 rings (SSSR count). The first-order valence-corrected chi connectivity index (χ1v) is 15.5. The average Bonchev–Trinajstić information content (AvgIpc) is 2.99. The summed E-state index contributed by atoms with van der Waals surface area (Å²) in [6.45, 7) is 5.21. The number of allylic oxidation sites excluding steroid dienone is 2. The third kappa shape index (κ3) is 6.76. The number of rotatable bonds is 8. The Morgan fingerprint density at radius 1 is 0.795 bits per heavy atom. The molecule has 0 amide bonds. The second kappa shape index (κ2) is 13.4. The van der Waals surface area contributed by atoms with Crippen LogP contribution in [0.25, 0.3) is 11.1 Å². The van der Waals surface area contributed by atoms with Crippen LogP contribution in [0, 0.1) is 35.3 Å².